The molecular weight excluding hydrogens is 218 g/mol. The van der Waals surface area contributed by atoms with Crippen molar-refractivity contribution in [2.45, 2.75) is 0 Å². The fraction of sp³-hybridized carbons (Fsp3) is 0.0833. The van der Waals surface area contributed by atoms with Gasteiger partial charge in [0, 0.05) is 6.20 Å². The maximum absolute atomic E-state index is 11.9. The highest BCUT2D eigenvalue weighted by Crippen LogP contribution is 2.18. The minimum Gasteiger partial charge on any atom is -0.496 e. The number of benzene rings is 1. The van der Waals surface area contributed by atoms with Crippen molar-refractivity contribution in [1.82, 2.24) is 9.97 Å². The third kappa shape index (κ3) is 2.57. The first kappa shape index (κ1) is 11.1. The van der Waals surface area contributed by atoms with E-state index in [1.165, 1.54) is 13.4 Å². The Bertz CT molecular complexity index is 514. The summed E-state index contributed by atoms with van der Waals surface area (Å²) in [5, 5.41) is 2.66. The number of nitrogens with one attached hydrogen (secondary N) is 1. The van der Waals surface area contributed by atoms with Crippen molar-refractivity contribution in [3.63, 3.8) is 0 Å². The Hall–Kier alpha value is -2.43. The molecular formula is C12H11N3O2. The fourth-order valence-corrected chi connectivity index (χ4v) is 1.38. The molecule has 1 aromatic heterocycles. The summed E-state index contributed by atoms with van der Waals surface area (Å²) in [6.45, 7) is 0. The van der Waals surface area contributed by atoms with Crippen LogP contribution in [0.5, 0.6) is 5.75 Å². The summed E-state index contributed by atoms with van der Waals surface area (Å²) in [7, 11) is 1.52. The normalized spacial score (nSPS) is 9.71. The molecule has 0 aliphatic rings. The summed E-state index contributed by atoms with van der Waals surface area (Å²) in [6.07, 6.45) is 2.93. The van der Waals surface area contributed by atoms with Crippen LogP contribution in [0.4, 0.5) is 5.82 Å². The van der Waals surface area contributed by atoms with Gasteiger partial charge in [0.25, 0.3) is 5.91 Å². The highest BCUT2D eigenvalue weighted by Gasteiger charge is 2.11. The number of carbonyl (C=O) groups excluding carboxylic acids is 1. The molecule has 0 aliphatic heterocycles. The SMILES string of the molecule is COc1ccccc1C(=O)Nc1ccncn1. The lowest BCUT2D eigenvalue weighted by Crippen LogP contribution is -2.13. The van der Waals surface area contributed by atoms with Crippen LogP contribution in [0.15, 0.2) is 42.9 Å². The predicted molar refractivity (Wildman–Crippen MR) is 63.0 cm³/mol. The molecule has 1 amide bonds. The first-order valence-electron chi connectivity index (χ1n) is 5.01. The third-order valence-electron chi connectivity index (χ3n) is 2.18. The Kier molecular flexibility index (Phi) is 3.30. The molecule has 2 aromatic rings. The molecule has 0 radical (unpaired) electrons. The van der Waals surface area contributed by atoms with Crippen LogP contribution in [-0.2, 0) is 0 Å². The minimum atomic E-state index is -0.263. The van der Waals surface area contributed by atoms with E-state index < -0.39 is 0 Å². The number of anilines is 1. The molecule has 0 aliphatic carbocycles. The van der Waals surface area contributed by atoms with E-state index in [0.717, 1.165) is 0 Å². The molecule has 1 N–H and O–H groups in total. The van der Waals surface area contributed by atoms with Gasteiger partial charge in [0.2, 0.25) is 0 Å². The molecule has 5 heteroatoms. The van der Waals surface area contributed by atoms with Gasteiger partial charge in [-0.3, -0.25) is 4.79 Å². The number of carbonyl (C=O) groups is 1. The van der Waals surface area contributed by atoms with E-state index in [0.29, 0.717) is 17.1 Å². The lowest BCUT2D eigenvalue weighted by Gasteiger charge is -2.07. The lowest BCUT2D eigenvalue weighted by atomic mass is 10.2. The summed E-state index contributed by atoms with van der Waals surface area (Å²) in [6, 6.07) is 8.62. The number of amides is 1. The zero-order chi connectivity index (χ0) is 12.1. The van der Waals surface area contributed by atoms with Gasteiger partial charge in [-0.05, 0) is 18.2 Å². The number of hydrogen-bond acceptors (Lipinski definition) is 4. The van der Waals surface area contributed by atoms with Crippen molar-refractivity contribution in [3.8, 4) is 5.75 Å². The predicted octanol–water partition coefficient (Wildman–Crippen LogP) is 1.74. The minimum absolute atomic E-state index is 0.263. The van der Waals surface area contributed by atoms with Crippen LogP contribution in [-0.4, -0.2) is 23.0 Å². The molecule has 1 aromatic carbocycles. The number of aromatic nitrogens is 2. The Morgan fingerprint density at radius 1 is 1.29 bits per heavy atom. The maximum atomic E-state index is 11.9. The zero-order valence-corrected chi connectivity index (χ0v) is 9.25. The standard InChI is InChI=1S/C12H11N3O2/c1-17-10-5-3-2-4-9(10)12(16)15-11-6-7-13-8-14-11/h2-8H,1H3,(H,13,14,15,16). The van der Waals surface area contributed by atoms with Crippen LogP contribution in [0.2, 0.25) is 0 Å². The summed E-state index contributed by atoms with van der Waals surface area (Å²) >= 11 is 0. The Morgan fingerprint density at radius 3 is 2.82 bits per heavy atom. The maximum Gasteiger partial charge on any atom is 0.260 e. The van der Waals surface area contributed by atoms with Gasteiger partial charge in [0.1, 0.15) is 17.9 Å². The smallest absolute Gasteiger partial charge is 0.260 e. The first-order chi connectivity index (χ1) is 8.31. The van der Waals surface area contributed by atoms with Crippen molar-refractivity contribution in [1.29, 1.82) is 0 Å². The number of ether oxygens (including phenoxy) is 1. The van der Waals surface area contributed by atoms with E-state index in [-0.39, 0.29) is 5.91 Å². The topological polar surface area (TPSA) is 64.1 Å². The van der Waals surface area contributed by atoms with Gasteiger partial charge >= 0.3 is 0 Å². The number of nitrogens with zero attached hydrogens (tertiary/aromatic N) is 2. The van der Waals surface area contributed by atoms with Crippen LogP contribution in [0.1, 0.15) is 10.4 Å². The van der Waals surface area contributed by atoms with E-state index in [4.69, 9.17) is 4.74 Å². The van der Waals surface area contributed by atoms with Crippen LogP contribution in [0.25, 0.3) is 0 Å². The van der Waals surface area contributed by atoms with Crippen molar-refractivity contribution >= 4 is 11.7 Å². The molecule has 17 heavy (non-hydrogen) atoms. The van der Waals surface area contributed by atoms with Crippen molar-refractivity contribution in [2.24, 2.45) is 0 Å². The summed E-state index contributed by atoms with van der Waals surface area (Å²) in [5.41, 5.74) is 0.466. The van der Waals surface area contributed by atoms with Gasteiger partial charge in [0.05, 0.1) is 12.7 Å². The Morgan fingerprint density at radius 2 is 2.12 bits per heavy atom. The van der Waals surface area contributed by atoms with E-state index >= 15 is 0 Å². The van der Waals surface area contributed by atoms with Gasteiger partial charge in [-0.1, -0.05) is 12.1 Å². The molecule has 0 saturated heterocycles. The summed E-state index contributed by atoms with van der Waals surface area (Å²) < 4.78 is 5.11. The molecule has 0 spiro atoms. The number of para-hydroxylation sites is 1. The van der Waals surface area contributed by atoms with Gasteiger partial charge < -0.3 is 10.1 Å². The number of rotatable bonds is 3. The monoisotopic (exact) mass is 229 g/mol. The average Bonchev–Trinajstić information content (AvgIpc) is 2.40. The van der Waals surface area contributed by atoms with E-state index in [1.54, 1.807) is 36.5 Å². The average molecular weight is 229 g/mol. The van der Waals surface area contributed by atoms with Crippen LogP contribution >= 0.6 is 0 Å². The van der Waals surface area contributed by atoms with Gasteiger partial charge in [-0.25, -0.2) is 9.97 Å². The second-order valence-electron chi connectivity index (χ2n) is 3.25. The second-order valence-corrected chi connectivity index (χ2v) is 3.25. The highest BCUT2D eigenvalue weighted by molar-refractivity contribution is 6.05. The second kappa shape index (κ2) is 5.07. The van der Waals surface area contributed by atoms with Gasteiger partial charge in [-0.15, -0.1) is 0 Å². The molecule has 0 bridgehead atoms. The quantitative estimate of drug-likeness (QED) is 0.870. The molecule has 86 valence electrons. The summed E-state index contributed by atoms with van der Waals surface area (Å²) in [5.74, 6) is 0.719. The molecule has 0 unspecified atom stereocenters. The molecule has 5 nitrogen and oxygen atoms in total. The summed E-state index contributed by atoms with van der Waals surface area (Å²) in [4.78, 5) is 19.6. The highest BCUT2D eigenvalue weighted by atomic mass is 16.5. The number of methoxy groups -OCH3 is 1. The van der Waals surface area contributed by atoms with E-state index in [2.05, 4.69) is 15.3 Å². The van der Waals surface area contributed by atoms with E-state index in [1.807, 2.05) is 0 Å². The van der Waals surface area contributed by atoms with Gasteiger partial charge in [-0.2, -0.15) is 0 Å². The molecule has 0 saturated carbocycles. The molecule has 2 rings (SSSR count). The van der Waals surface area contributed by atoms with Crippen LogP contribution in [0, 0.1) is 0 Å². The van der Waals surface area contributed by atoms with Crippen LogP contribution in [0.3, 0.4) is 0 Å². The zero-order valence-electron chi connectivity index (χ0n) is 9.25. The Balaban J connectivity index is 2.20. The molecule has 0 fully saturated rings. The van der Waals surface area contributed by atoms with Crippen molar-refractivity contribution in [3.05, 3.63) is 48.4 Å². The largest absolute Gasteiger partial charge is 0.496 e. The van der Waals surface area contributed by atoms with E-state index in [9.17, 15) is 4.79 Å². The van der Waals surface area contributed by atoms with Crippen molar-refractivity contribution < 1.29 is 9.53 Å². The molecule has 1 heterocycles. The first-order valence-corrected chi connectivity index (χ1v) is 5.01. The van der Waals surface area contributed by atoms with Crippen molar-refractivity contribution in [2.75, 3.05) is 12.4 Å². The third-order valence-corrected chi connectivity index (χ3v) is 2.18. The molecule has 0 atom stereocenters. The Labute approximate surface area is 98.5 Å². The fourth-order valence-electron chi connectivity index (χ4n) is 1.38. The van der Waals surface area contributed by atoms with Crippen LogP contribution < -0.4 is 10.1 Å². The lowest BCUT2D eigenvalue weighted by molar-refractivity contribution is 0.102. The number of hydrogen-bond donors (Lipinski definition) is 1. The van der Waals surface area contributed by atoms with Gasteiger partial charge in [0.15, 0.2) is 0 Å².